The molecule has 0 saturated carbocycles. The Morgan fingerprint density at radius 3 is 2.18 bits per heavy atom. The molecule has 0 bridgehead atoms. The van der Waals surface area contributed by atoms with Crippen molar-refractivity contribution in [1.29, 1.82) is 0 Å². The minimum absolute atomic E-state index is 0.0852. The van der Waals surface area contributed by atoms with Crippen LogP contribution < -0.4 is 4.74 Å². The summed E-state index contributed by atoms with van der Waals surface area (Å²) in [5.41, 5.74) is 6.09. The maximum absolute atomic E-state index is 11.0. The zero-order chi connectivity index (χ0) is 26.3. The summed E-state index contributed by atoms with van der Waals surface area (Å²) in [6, 6.07) is 33.9. The molecule has 188 valence electrons. The molecule has 4 nitrogen and oxygen atoms in total. The van der Waals surface area contributed by atoms with Gasteiger partial charge in [0.1, 0.15) is 17.4 Å². The maximum atomic E-state index is 11.0. The summed E-state index contributed by atoms with van der Waals surface area (Å²) >= 11 is 7.99. The number of carboxylic acid groups (broad SMARTS) is 1. The minimum atomic E-state index is -0.903. The van der Waals surface area contributed by atoms with Gasteiger partial charge in [-0.05, 0) is 46.0 Å². The Hall–Kier alpha value is -4.19. The number of halogens is 1. The Morgan fingerprint density at radius 2 is 1.53 bits per heavy atom. The molecule has 1 aromatic heterocycles. The van der Waals surface area contributed by atoms with Gasteiger partial charge in [-0.3, -0.25) is 4.79 Å². The average molecular weight is 538 g/mol. The van der Waals surface area contributed by atoms with Crippen LogP contribution in [0.3, 0.4) is 0 Å². The monoisotopic (exact) mass is 537 g/mol. The average Bonchev–Trinajstić information content (AvgIpc) is 3.43. The van der Waals surface area contributed by atoms with Crippen molar-refractivity contribution in [1.82, 2.24) is 4.98 Å². The van der Waals surface area contributed by atoms with Crippen molar-refractivity contribution in [2.24, 2.45) is 0 Å². The smallest absolute Gasteiger partial charge is 0.307 e. The van der Waals surface area contributed by atoms with Crippen LogP contribution in [0.4, 0.5) is 0 Å². The first kappa shape index (κ1) is 25.5. The molecule has 1 heterocycles. The van der Waals surface area contributed by atoms with Crippen molar-refractivity contribution in [2.45, 2.75) is 6.42 Å². The molecule has 5 rings (SSSR count). The van der Waals surface area contributed by atoms with Gasteiger partial charge in [-0.15, -0.1) is 11.3 Å². The number of nitrogens with zero attached hydrogens (tertiary/aromatic N) is 1. The first-order valence-electron chi connectivity index (χ1n) is 12.1. The van der Waals surface area contributed by atoms with Crippen LogP contribution in [0.1, 0.15) is 16.0 Å². The highest BCUT2D eigenvalue weighted by atomic mass is 35.5. The highest BCUT2D eigenvalue weighted by Crippen LogP contribution is 2.34. The standard InChI is InChI=1S/C32H24ClNO3S/c33-28-19-22(20-31(35)36)11-16-29(28)37-18-17-27(30-21-34-32(38-30)26-9-5-2-6-10-26)25-14-12-24(13-15-25)23-7-3-1-4-8-23/h1-17,19,21H,18,20H2,(H,35,36). The highest BCUT2D eigenvalue weighted by molar-refractivity contribution is 7.16. The molecule has 1 N–H and O–H groups in total. The number of ether oxygens (including phenoxy) is 1. The Labute approximate surface area is 230 Å². The van der Waals surface area contributed by atoms with E-state index in [1.807, 2.05) is 48.7 Å². The largest absolute Gasteiger partial charge is 0.488 e. The van der Waals surface area contributed by atoms with Crippen LogP contribution in [0.5, 0.6) is 5.75 Å². The molecule has 0 amide bonds. The van der Waals surface area contributed by atoms with Gasteiger partial charge in [0.15, 0.2) is 0 Å². The fourth-order valence-corrected chi connectivity index (χ4v) is 5.35. The number of thiazole rings is 1. The lowest BCUT2D eigenvalue weighted by Crippen LogP contribution is -2.01. The second kappa shape index (κ2) is 11.9. The van der Waals surface area contributed by atoms with E-state index in [9.17, 15) is 4.79 Å². The number of carbonyl (C=O) groups is 1. The Bertz CT molecular complexity index is 1560. The quantitative estimate of drug-likeness (QED) is 0.205. The van der Waals surface area contributed by atoms with Gasteiger partial charge in [0, 0.05) is 11.8 Å². The Morgan fingerprint density at radius 1 is 0.868 bits per heavy atom. The van der Waals surface area contributed by atoms with E-state index in [0.29, 0.717) is 16.3 Å². The number of benzene rings is 4. The summed E-state index contributed by atoms with van der Waals surface area (Å²) in [5, 5.41) is 10.3. The molecule has 0 aliphatic rings. The molecular weight excluding hydrogens is 514 g/mol. The predicted octanol–water partition coefficient (Wildman–Crippen LogP) is 8.27. The van der Waals surface area contributed by atoms with Crippen molar-refractivity contribution in [3.63, 3.8) is 0 Å². The number of rotatable bonds is 9. The van der Waals surface area contributed by atoms with Crippen LogP contribution in [0.15, 0.2) is 115 Å². The highest BCUT2D eigenvalue weighted by Gasteiger charge is 2.12. The van der Waals surface area contributed by atoms with E-state index in [1.165, 1.54) is 0 Å². The molecule has 0 radical (unpaired) electrons. The summed E-state index contributed by atoms with van der Waals surface area (Å²) < 4.78 is 5.98. The Balaban J connectivity index is 1.43. The topological polar surface area (TPSA) is 59.4 Å². The summed E-state index contributed by atoms with van der Waals surface area (Å²) in [6.07, 6.45) is 3.84. The Kier molecular flexibility index (Phi) is 7.98. The van der Waals surface area contributed by atoms with Crippen molar-refractivity contribution >= 4 is 34.5 Å². The van der Waals surface area contributed by atoms with Gasteiger partial charge in [-0.1, -0.05) is 103 Å². The van der Waals surface area contributed by atoms with Gasteiger partial charge in [0.05, 0.1) is 16.3 Å². The number of aromatic nitrogens is 1. The van der Waals surface area contributed by atoms with E-state index in [2.05, 4.69) is 53.5 Å². The number of hydrogen-bond donors (Lipinski definition) is 1. The van der Waals surface area contributed by atoms with E-state index in [1.54, 1.807) is 29.5 Å². The van der Waals surface area contributed by atoms with Gasteiger partial charge >= 0.3 is 5.97 Å². The van der Waals surface area contributed by atoms with E-state index in [0.717, 1.165) is 37.7 Å². The molecule has 0 aliphatic carbocycles. The zero-order valence-electron chi connectivity index (χ0n) is 20.4. The van der Waals surface area contributed by atoms with Gasteiger partial charge in [-0.25, -0.2) is 4.98 Å². The van der Waals surface area contributed by atoms with Crippen molar-refractivity contribution < 1.29 is 14.6 Å². The van der Waals surface area contributed by atoms with Crippen molar-refractivity contribution in [2.75, 3.05) is 6.61 Å². The third-order valence-corrected chi connectivity index (χ3v) is 7.35. The lowest BCUT2D eigenvalue weighted by Gasteiger charge is -2.10. The maximum Gasteiger partial charge on any atom is 0.307 e. The lowest BCUT2D eigenvalue weighted by atomic mass is 9.99. The third-order valence-electron chi connectivity index (χ3n) is 5.97. The van der Waals surface area contributed by atoms with E-state index in [4.69, 9.17) is 21.4 Å². The number of hydrogen-bond acceptors (Lipinski definition) is 4. The normalized spacial score (nSPS) is 11.3. The van der Waals surface area contributed by atoms with Crippen LogP contribution in [-0.2, 0) is 11.2 Å². The summed E-state index contributed by atoms with van der Waals surface area (Å²) in [5.74, 6) is -0.398. The van der Waals surface area contributed by atoms with Crippen molar-refractivity contribution in [3.8, 4) is 27.4 Å². The molecule has 4 aromatic carbocycles. The third kappa shape index (κ3) is 6.20. The summed E-state index contributed by atoms with van der Waals surface area (Å²) in [4.78, 5) is 16.7. The number of aliphatic carboxylic acids is 1. The summed E-state index contributed by atoms with van der Waals surface area (Å²) in [7, 11) is 0. The lowest BCUT2D eigenvalue weighted by molar-refractivity contribution is -0.136. The molecule has 6 heteroatoms. The first-order chi connectivity index (χ1) is 18.6. The van der Waals surface area contributed by atoms with Crippen LogP contribution in [0.2, 0.25) is 5.02 Å². The fourth-order valence-electron chi connectivity index (χ4n) is 4.11. The van der Waals surface area contributed by atoms with Crippen molar-refractivity contribution in [3.05, 3.63) is 136 Å². The molecule has 0 saturated heterocycles. The SMILES string of the molecule is O=C(O)Cc1ccc(OCC=C(c2ccc(-c3ccccc3)cc2)c2cnc(-c3ccccc3)s2)c(Cl)c1. The molecule has 0 atom stereocenters. The van der Waals surface area contributed by atoms with Gasteiger partial charge in [-0.2, -0.15) is 0 Å². The number of carboxylic acids is 1. The van der Waals surface area contributed by atoms with Gasteiger partial charge in [0.25, 0.3) is 0 Å². The van der Waals surface area contributed by atoms with Gasteiger partial charge < -0.3 is 9.84 Å². The second-order valence-corrected chi connectivity index (χ2v) is 10.0. The molecule has 0 aliphatic heterocycles. The minimum Gasteiger partial charge on any atom is -0.488 e. The molecule has 0 spiro atoms. The molecular formula is C32H24ClNO3S. The van der Waals surface area contributed by atoms with Crippen LogP contribution in [0.25, 0.3) is 27.3 Å². The zero-order valence-corrected chi connectivity index (χ0v) is 22.0. The first-order valence-corrected chi connectivity index (χ1v) is 13.3. The molecule has 5 aromatic rings. The summed E-state index contributed by atoms with van der Waals surface area (Å²) in [6.45, 7) is 0.284. The predicted molar refractivity (Wildman–Crippen MR) is 155 cm³/mol. The fraction of sp³-hybridized carbons (Fsp3) is 0.0625. The van der Waals surface area contributed by atoms with Crippen LogP contribution in [-0.4, -0.2) is 22.7 Å². The van der Waals surface area contributed by atoms with Gasteiger partial charge in [0.2, 0.25) is 0 Å². The molecule has 0 fully saturated rings. The van der Waals surface area contributed by atoms with E-state index >= 15 is 0 Å². The molecule has 38 heavy (non-hydrogen) atoms. The van der Waals surface area contributed by atoms with E-state index in [-0.39, 0.29) is 13.0 Å². The molecule has 0 unspecified atom stereocenters. The van der Waals surface area contributed by atoms with E-state index < -0.39 is 5.97 Å². The van der Waals surface area contributed by atoms with Crippen LogP contribution in [0, 0.1) is 0 Å². The van der Waals surface area contributed by atoms with Crippen LogP contribution >= 0.6 is 22.9 Å². The second-order valence-electron chi connectivity index (χ2n) is 8.60.